The van der Waals surface area contributed by atoms with Gasteiger partial charge >= 0.3 is 0 Å². The van der Waals surface area contributed by atoms with Crippen LogP contribution in [0.15, 0.2) is 65.3 Å². The Kier molecular flexibility index (Phi) is 7.41. The van der Waals surface area contributed by atoms with E-state index < -0.39 is 29.0 Å². The van der Waals surface area contributed by atoms with Crippen molar-refractivity contribution in [3.8, 4) is 16.9 Å². The van der Waals surface area contributed by atoms with E-state index in [-0.39, 0.29) is 28.4 Å². The fourth-order valence-corrected chi connectivity index (χ4v) is 7.04. The van der Waals surface area contributed by atoms with Gasteiger partial charge in [-0.1, -0.05) is 62.8 Å². The van der Waals surface area contributed by atoms with Crippen LogP contribution in [-0.2, 0) is 16.0 Å². The third-order valence-electron chi connectivity index (χ3n) is 9.07. The Hall–Kier alpha value is -3.77. The summed E-state index contributed by atoms with van der Waals surface area (Å²) >= 11 is 0. The van der Waals surface area contributed by atoms with Crippen molar-refractivity contribution in [2.75, 3.05) is 0 Å². The Morgan fingerprint density at radius 3 is 2.37 bits per heavy atom. The molecule has 3 aliphatic rings. The van der Waals surface area contributed by atoms with Crippen molar-refractivity contribution in [3.63, 3.8) is 0 Å². The van der Waals surface area contributed by atoms with Gasteiger partial charge < -0.3 is 15.3 Å². The van der Waals surface area contributed by atoms with Crippen molar-refractivity contribution in [3.05, 3.63) is 82.0 Å². The highest BCUT2D eigenvalue weighted by Crippen LogP contribution is 2.53. The van der Waals surface area contributed by atoms with Gasteiger partial charge in [0.05, 0.1) is 5.56 Å². The van der Waals surface area contributed by atoms with Crippen LogP contribution < -0.4 is 0 Å². The van der Waals surface area contributed by atoms with Crippen LogP contribution in [0.2, 0.25) is 0 Å². The van der Waals surface area contributed by atoms with Crippen LogP contribution in [0, 0.1) is 17.8 Å². The van der Waals surface area contributed by atoms with Gasteiger partial charge in [0.2, 0.25) is 11.6 Å². The highest BCUT2D eigenvalue weighted by atomic mass is 16.3. The minimum Gasteiger partial charge on any atom is -0.507 e. The van der Waals surface area contributed by atoms with E-state index in [0.717, 1.165) is 29.5 Å². The molecule has 2 aromatic carbocycles. The first-order valence-electron chi connectivity index (χ1n) is 14.5. The van der Waals surface area contributed by atoms with Crippen LogP contribution in [0.3, 0.4) is 0 Å². The maximum absolute atomic E-state index is 13.8. The molecule has 0 amide bonds. The van der Waals surface area contributed by atoms with E-state index in [1.165, 1.54) is 6.07 Å². The van der Waals surface area contributed by atoms with Crippen molar-refractivity contribution in [1.82, 2.24) is 0 Å². The van der Waals surface area contributed by atoms with Gasteiger partial charge in [-0.15, -0.1) is 0 Å². The summed E-state index contributed by atoms with van der Waals surface area (Å²) in [6, 6.07) is 10.6. The summed E-state index contributed by atoms with van der Waals surface area (Å²) in [6.07, 6.45) is 3.44. The molecule has 214 valence electrons. The zero-order valence-electron chi connectivity index (χ0n) is 24.2. The van der Waals surface area contributed by atoms with Crippen molar-refractivity contribution >= 4 is 23.1 Å². The number of aliphatic hydroxyl groups excluding tert-OH is 1. The molecule has 3 N–H and O–H groups in total. The van der Waals surface area contributed by atoms with Gasteiger partial charge in [0.1, 0.15) is 11.5 Å². The van der Waals surface area contributed by atoms with E-state index in [9.17, 15) is 29.7 Å². The van der Waals surface area contributed by atoms with Gasteiger partial charge in [0, 0.05) is 29.0 Å². The average Bonchev–Trinajstić information content (AvgIpc) is 2.90. The van der Waals surface area contributed by atoms with Gasteiger partial charge in [0.15, 0.2) is 11.4 Å². The van der Waals surface area contributed by atoms with Gasteiger partial charge in [-0.25, -0.2) is 0 Å². The number of phenols is 1. The number of ketones is 3. The molecule has 0 spiro atoms. The zero-order chi connectivity index (χ0) is 29.8. The molecular formula is C35H38O6. The molecule has 0 aliphatic heterocycles. The molecule has 6 heteroatoms. The number of hydrogen-bond acceptors (Lipinski definition) is 6. The summed E-state index contributed by atoms with van der Waals surface area (Å²) in [5.41, 5.74) is 2.42. The van der Waals surface area contributed by atoms with E-state index in [0.29, 0.717) is 53.9 Å². The van der Waals surface area contributed by atoms with Gasteiger partial charge in [-0.05, 0) is 79.7 Å². The monoisotopic (exact) mass is 554 g/mol. The predicted molar refractivity (Wildman–Crippen MR) is 159 cm³/mol. The fourth-order valence-electron chi connectivity index (χ4n) is 7.04. The van der Waals surface area contributed by atoms with Gasteiger partial charge in [0.25, 0.3) is 0 Å². The van der Waals surface area contributed by atoms with E-state index in [1.807, 2.05) is 31.2 Å². The van der Waals surface area contributed by atoms with Crippen molar-refractivity contribution in [1.29, 1.82) is 0 Å². The van der Waals surface area contributed by atoms with E-state index in [1.54, 1.807) is 13.0 Å². The molecule has 1 fully saturated rings. The van der Waals surface area contributed by atoms with Crippen LogP contribution in [0.4, 0.5) is 0 Å². The normalized spacial score (nSPS) is 23.9. The van der Waals surface area contributed by atoms with Crippen LogP contribution in [-0.4, -0.2) is 38.3 Å². The van der Waals surface area contributed by atoms with Gasteiger partial charge in [-0.2, -0.15) is 0 Å². The van der Waals surface area contributed by atoms with Crippen LogP contribution in [0.5, 0.6) is 5.75 Å². The molecule has 1 saturated carbocycles. The number of aliphatic hydroxyl groups is 2. The van der Waals surface area contributed by atoms with Crippen LogP contribution in [0.1, 0.15) is 81.3 Å². The third-order valence-corrected chi connectivity index (χ3v) is 9.07. The smallest absolute Gasteiger partial charge is 0.202 e. The van der Waals surface area contributed by atoms with Crippen molar-refractivity contribution in [2.45, 2.75) is 71.8 Å². The summed E-state index contributed by atoms with van der Waals surface area (Å²) < 4.78 is 0. The Bertz CT molecular complexity index is 1540. The van der Waals surface area contributed by atoms with Crippen LogP contribution in [0.25, 0.3) is 16.9 Å². The Labute approximate surface area is 241 Å². The molecule has 6 nitrogen and oxygen atoms in total. The highest BCUT2D eigenvalue weighted by Gasteiger charge is 2.60. The topological polar surface area (TPSA) is 112 Å². The summed E-state index contributed by atoms with van der Waals surface area (Å²) in [4.78, 5) is 40.0. The maximum atomic E-state index is 13.8. The fraction of sp³-hybridized carbons (Fsp3) is 0.400. The molecule has 3 aliphatic carbocycles. The number of carbonyl (C=O) groups is 3. The minimum absolute atomic E-state index is 0.00000982. The lowest BCUT2D eigenvalue weighted by molar-refractivity contribution is -0.157. The SMILES string of the molecule is C=C(C)C1=C(C)C[C@@H]2C[C@@H]3Cc4c(-c5ccc(C(=O)CCCC(C)C)cc5)ccc(O)c4C(O)=C3C(=O)[C@]2(O)C1=O. The molecule has 0 aromatic heterocycles. The lowest BCUT2D eigenvalue weighted by Gasteiger charge is -2.46. The molecule has 5 rings (SSSR count). The number of phenolic OH excluding ortho intramolecular Hbond substituents is 1. The van der Waals surface area contributed by atoms with E-state index >= 15 is 0 Å². The second-order valence-corrected chi connectivity index (χ2v) is 12.4. The lowest BCUT2D eigenvalue weighted by atomic mass is 9.57. The maximum Gasteiger partial charge on any atom is 0.202 e. The number of rotatable bonds is 7. The van der Waals surface area contributed by atoms with E-state index in [4.69, 9.17) is 0 Å². The standard InChI is InChI=1S/C35H38O6/c1-18(2)7-6-8-27(36)22-11-9-21(10-12-22)25-13-14-28(37)31-26(25)17-23-16-24-15-20(5)29(19(3)4)33(39)35(24,41)34(40)30(23)32(31)38/h9-14,18,23-24,37-38,41H,3,6-8,15-17H2,1-2,4-5H3/t23-,24-,35-/m1/s1. The lowest BCUT2D eigenvalue weighted by Crippen LogP contribution is -2.60. The number of allylic oxidation sites excluding steroid dienone is 2. The van der Waals surface area contributed by atoms with Crippen molar-refractivity contribution < 1.29 is 29.7 Å². The molecule has 0 bridgehead atoms. The quantitative estimate of drug-likeness (QED) is 0.260. The van der Waals surface area contributed by atoms with Crippen molar-refractivity contribution in [2.24, 2.45) is 17.8 Å². The number of benzene rings is 2. The minimum atomic E-state index is -2.27. The average molecular weight is 555 g/mol. The first-order chi connectivity index (χ1) is 19.4. The first kappa shape index (κ1) is 28.7. The molecule has 3 atom stereocenters. The molecule has 0 unspecified atom stereocenters. The molecule has 0 heterocycles. The number of hydrogen-bond donors (Lipinski definition) is 3. The molecule has 0 radical (unpaired) electrons. The predicted octanol–water partition coefficient (Wildman–Crippen LogP) is 6.70. The molecule has 0 saturated heterocycles. The number of carbonyl (C=O) groups excluding carboxylic acids is 3. The Morgan fingerprint density at radius 2 is 1.73 bits per heavy atom. The highest BCUT2D eigenvalue weighted by molar-refractivity contribution is 6.26. The number of Topliss-reactive ketones (excluding diaryl/α,β-unsaturated/α-hetero) is 3. The largest absolute Gasteiger partial charge is 0.507 e. The summed E-state index contributed by atoms with van der Waals surface area (Å²) in [5, 5.41) is 33.9. The zero-order valence-corrected chi connectivity index (χ0v) is 24.2. The van der Waals surface area contributed by atoms with E-state index in [2.05, 4.69) is 20.4 Å². The second-order valence-electron chi connectivity index (χ2n) is 12.4. The third kappa shape index (κ3) is 4.68. The number of fused-ring (bicyclic) bond motifs is 3. The molecule has 41 heavy (non-hydrogen) atoms. The molecular weight excluding hydrogens is 516 g/mol. The van der Waals surface area contributed by atoms with Crippen LogP contribution >= 0.6 is 0 Å². The number of aromatic hydroxyl groups is 1. The Balaban J connectivity index is 1.52. The molecule has 2 aromatic rings. The summed E-state index contributed by atoms with van der Waals surface area (Å²) in [5.74, 6) is -2.40. The summed E-state index contributed by atoms with van der Waals surface area (Å²) in [7, 11) is 0. The summed E-state index contributed by atoms with van der Waals surface area (Å²) in [6.45, 7) is 11.7. The second kappa shape index (κ2) is 10.6. The van der Waals surface area contributed by atoms with Gasteiger partial charge in [-0.3, -0.25) is 14.4 Å². The first-order valence-corrected chi connectivity index (χ1v) is 14.5. The Morgan fingerprint density at radius 1 is 1.05 bits per heavy atom.